The van der Waals surface area contributed by atoms with Crippen LogP contribution in [0.5, 0.6) is 5.75 Å². The van der Waals surface area contributed by atoms with E-state index in [0.717, 1.165) is 34.5 Å². The molecule has 0 aliphatic heterocycles. The summed E-state index contributed by atoms with van der Waals surface area (Å²) in [5, 5.41) is 4.08. The molecule has 19 heavy (non-hydrogen) atoms. The van der Waals surface area contributed by atoms with Crippen LogP contribution in [0.1, 0.15) is 13.3 Å². The first kappa shape index (κ1) is 13.7. The fourth-order valence-electron chi connectivity index (χ4n) is 1.55. The summed E-state index contributed by atoms with van der Waals surface area (Å²) in [5.41, 5.74) is 0. The van der Waals surface area contributed by atoms with E-state index in [0.29, 0.717) is 0 Å². The van der Waals surface area contributed by atoms with E-state index in [1.54, 1.807) is 31.3 Å². The van der Waals surface area contributed by atoms with Gasteiger partial charge in [0.1, 0.15) is 16.6 Å². The van der Waals surface area contributed by atoms with Crippen LogP contribution in [0.15, 0.2) is 46.6 Å². The van der Waals surface area contributed by atoms with E-state index < -0.39 is 0 Å². The molecule has 2 aromatic rings. The summed E-state index contributed by atoms with van der Waals surface area (Å²) in [6.45, 7) is 3.02. The van der Waals surface area contributed by atoms with E-state index in [2.05, 4.69) is 22.2 Å². The van der Waals surface area contributed by atoms with E-state index in [9.17, 15) is 0 Å². The number of nitrogens with one attached hydrogen (secondary N) is 1. The number of benzene rings is 1. The maximum Gasteiger partial charge on any atom is 0.145 e. The number of rotatable bonds is 6. The van der Waals surface area contributed by atoms with Gasteiger partial charge in [0.05, 0.1) is 24.4 Å². The SMILES string of the molecule is CCCNc1cncc(Sc2ccccc2OC)n1. The molecule has 0 amide bonds. The number of methoxy groups -OCH3 is 1. The Morgan fingerprint density at radius 2 is 2.11 bits per heavy atom. The van der Waals surface area contributed by atoms with E-state index in [-0.39, 0.29) is 0 Å². The summed E-state index contributed by atoms with van der Waals surface area (Å²) in [7, 11) is 1.67. The molecular weight excluding hydrogens is 258 g/mol. The van der Waals surface area contributed by atoms with Crippen LogP contribution in [0, 0.1) is 0 Å². The molecule has 4 nitrogen and oxygen atoms in total. The average Bonchev–Trinajstić information content (AvgIpc) is 2.46. The molecule has 0 aliphatic carbocycles. The molecule has 0 spiro atoms. The Hall–Kier alpha value is -1.75. The van der Waals surface area contributed by atoms with E-state index in [4.69, 9.17) is 4.74 Å². The van der Waals surface area contributed by atoms with Crippen molar-refractivity contribution >= 4 is 17.6 Å². The number of aromatic nitrogens is 2. The highest BCUT2D eigenvalue weighted by Crippen LogP contribution is 2.33. The molecular formula is C14H17N3OS. The Bertz CT molecular complexity index is 534. The predicted octanol–water partition coefficient (Wildman–Crippen LogP) is 3.46. The molecule has 0 atom stereocenters. The van der Waals surface area contributed by atoms with Gasteiger partial charge in [-0.05, 0) is 18.6 Å². The largest absolute Gasteiger partial charge is 0.496 e. The highest BCUT2D eigenvalue weighted by atomic mass is 32.2. The molecule has 0 aliphatic rings. The van der Waals surface area contributed by atoms with Gasteiger partial charge in [0, 0.05) is 6.54 Å². The zero-order valence-electron chi connectivity index (χ0n) is 11.1. The molecule has 1 heterocycles. The summed E-state index contributed by atoms with van der Waals surface area (Å²) >= 11 is 1.55. The van der Waals surface area contributed by atoms with Crippen LogP contribution in [0.25, 0.3) is 0 Å². The van der Waals surface area contributed by atoms with Gasteiger partial charge in [-0.2, -0.15) is 0 Å². The number of nitrogens with zero attached hydrogens (tertiary/aromatic N) is 2. The van der Waals surface area contributed by atoms with Gasteiger partial charge in [-0.3, -0.25) is 4.98 Å². The topological polar surface area (TPSA) is 47.0 Å². The molecule has 100 valence electrons. The first-order chi connectivity index (χ1) is 9.33. The Morgan fingerprint density at radius 1 is 1.26 bits per heavy atom. The molecule has 0 saturated carbocycles. The highest BCUT2D eigenvalue weighted by Gasteiger charge is 2.06. The first-order valence-electron chi connectivity index (χ1n) is 6.20. The highest BCUT2D eigenvalue weighted by molar-refractivity contribution is 7.99. The minimum Gasteiger partial charge on any atom is -0.496 e. The zero-order valence-corrected chi connectivity index (χ0v) is 11.9. The third-order valence-corrected chi connectivity index (χ3v) is 3.42. The van der Waals surface area contributed by atoms with E-state index in [1.807, 2.05) is 24.3 Å². The summed E-state index contributed by atoms with van der Waals surface area (Å²) in [5.74, 6) is 1.66. The summed E-state index contributed by atoms with van der Waals surface area (Å²) < 4.78 is 5.33. The summed E-state index contributed by atoms with van der Waals surface area (Å²) in [6, 6.07) is 7.89. The number of anilines is 1. The number of ether oxygens (including phenoxy) is 1. The van der Waals surface area contributed by atoms with Gasteiger partial charge in [-0.25, -0.2) is 4.98 Å². The minimum atomic E-state index is 0.807. The van der Waals surface area contributed by atoms with Crippen LogP contribution in [0.2, 0.25) is 0 Å². The maximum absolute atomic E-state index is 5.33. The fourth-order valence-corrected chi connectivity index (χ4v) is 2.43. The second-order valence-corrected chi connectivity index (χ2v) is 4.98. The van der Waals surface area contributed by atoms with Gasteiger partial charge in [0.25, 0.3) is 0 Å². The Morgan fingerprint density at radius 3 is 2.89 bits per heavy atom. The molecule has 0 unspecified atom stereocenters. The molecule has 0 fully saturated rings. The van der Waals surface area contributed by atoms with Crippen molar-refractivity contribution in [3.63, 3.8) is 0 Å². The van der Waals surface area contributed by atoms with E-state index in [1.165, 1.54) is 0 Å². The Labute approximate surface area is 117 Å². The molecule has 0 bridgehead atoms. The summed E-state index contributed by atoms with van der Waals surface area (Å²) in [6.07, 6.45) is 4.56. The third kappa shape index (κ3) is 3.86. The lowest BCUT2D eigenvalue weighted by Gasteiger charge is -2.08. The van der Waals surface area contributed by atoms with Crippen molar-refractivity contribution in [2.24, 2.45) is 0 Å². The normalized spacial score (nSPS) is 10.2. The lowest BCUT2D eigenvalue weighted by Crippen LogP contribution is -2.02. The van der Waals surface area contributed by atoms with Crippen LogP contribution in [-0.2, 0) is 0 Å². The van der Waals surface area contributed by atoms with Crippen LogP contribution in [0.3, 0.4) is 0 Å². The van der Waals surface area contributed by atoms with E-state index >= 15 is 0 Å². The molecule has 2 rings (SSSR count). The minimum absolute atomic E-state index is 0.807. The lowest BCUT2D eigenvalue weighted by molar-refractivity contribution is 0.405. The molecule has 1 aromatic carbocycles. The van der Waals surface area contributed by atoms with Crippen LogP contribution in [0.4, 0.5) is 5.82 Å². The number of hydrogen-bond donors (Lipinski definition) is 1. The van der Waals surface area contributed by atoms with Gasteiger partial charge in [0.2, 0.25) is 0 Å². The van der Waals surface area contributed by atoms with Crippen LogP contribution < -0.4 is 10.1 Å². The van der Waals surface area contributed by atoms with Gasteiger partial charge in [-0.1, -0.05) is 30.8 Å². The standard InChI is InChI=1S/C14H17N3OS/c1-3-8-16-13-9-15-10-14(17-13)19-12-7-5-4-6-11(12)18-2/h4-7,9-10H,3,8H2,1-2H3,(H,16,17). The first-order valence-corrected chi connectivity index (χ1v) is 7.02. The van der Waals surface area contributed by atoms with Gasteiger partial charge >= 0.3 is 0 Å². The van der Waals surface area contributed by atoms with Crippen LogP contribution in [-0.4, -0.2) is 23.6 Å². The van der Waals surface area contributed by atoms with Gasteiger partial charge in [-0.15, -0.1) is 0 Å². The van der Waals surface area contributed by atoms with Crippen molar-refractivity contribution in [2.75, 3.05) is 19.0 Å². The van der Waals surface area contributed by atoms with Crippen molar-refractivity contribution < 1.29 is 4.74 Å². The predicted molar refractivity (Wildman–Crippen MR) is 77.9 cm³/mol. The van der Waals surface area contributed by atoms with Crippen LogP contribution >= 0.6 is 11.8 Å². The second-order valence-electron chi connectivity index (χ2n) is 3.92. The van der Waals surface area contributed by atoms with Crippen molar-refractivity contribution in [3.05, 3.63) is 36.7 Å². The van der Waals surface area contributed by atoms with Crippen molar-refractivity contribution in [1.82, 2.24) is 9.97 Å². The Kier molecular flexibility index (Phi) is 5.03. The molecule has 0 radical (unpaired) electrons. The van der Waals surface area contributed by atoms with Gasteiger partial charge in [0.15, 0.2) is 0 Å². The average molecular weight is 275 g/mol. The van der Waals surface area contributed by atoms with Crippen molar-refractivity contribution in [3.8, 4) is 5.75 Å². The maximum atomic E-state index is 5.33. The fraction of sp³-hybridized carbons (Fsp3) is 0.286. The monoisotopic (exact) mass is 275 g/mol. The van der Waals surface area contributed by atoms with Crippen molar-refractivity contribution in [1.29, 1.82) is 0 Å². The van der Waals surface area contributed by atoms with Crippen molar-refractivity contribution in [2.45, 2.75) is 23.3 Å². The van der Waals surface area contributed by atoms with Gasteiger partial charge < -0.3 is 10.1 Å². The quantitative estimate of drug-likeness (QED) is 0.874. The number of para-hydroxylation sites is 1. The lowest BCUT2D eigenvalue weighted by atomic mass is 10.3. The molecule has 0 saturated heterocycles. The number of hydrogen-bond acceptors (Lipinski definition) is 5. The molecule has 5 heteroatoms. The smallest absolute Gasteiger partial charge is 0.145 e. The Balaban J connectivity index is 2.14. The zero-order chi connectivity index (χ0) is 13.5. The summed E-state index contributed by atoms with van der Waals surface area (Å²) in [4.78, 5) is 9.75. The third-order valence-electron chi connectivity index (χ3n) is 2.45. The molecule has 1 N–H and O–H groups in total. The second kappa shape index (κ2) is 6.99. The molecule has 1 aromatic heterocycles.